The molecule has 2 aromatic rings. The summed E-state index contributed by atoms with van der Waals surface area (Å²) in [4.78, 5) is 11.4. The molecule has 0 spiro atoms. The third kappa shape index (κ3) is 2.92. The van der Waals surface area contributed by atoms with Gasteiger partial charge in [0.25, 0.3) is 5.69 Å². The first-order chi connectivity index (χ1) is 11.1. The quantitative estimate of drug-likeness (QED) is 0.684. The normalized spacial score (nSPS) is 14.1. The number of nitro benzene ring substituents is 1. The van der Waals surface area contributed by atoms with Crippen LogP contribution in [0, 0.1) is 10.1 Å². The van der Waals surface area contributed by atoms with Gasteiger partial charge in [-0.1, -0.05) is 18.2 Å². The number of para-hydroxylation sites is 1. The van der Waals surface area contributed by atoms with Crippen molar-refractivity contribution in [2.45, 2.75) is 11.8 Å². The van der Waals surface area contributed by atoms with E-state index in [0.29, 0.717) is 0 Å². The lowest BCUT2D eigenvalue weighted by molar-refractivity contribution is -0.384. The zero-order chi connectivity index (χ0) is 18.1. The van der Waals surface area contributed by atoms with Crippen molar-refractivity contribution in [1.29, 1.82) is 0 Å². The summed E-state index contributed by atoms with van der Waals surface area (Å²) in [5.74, 6) is 0. The van der Waals surface area contributed by atoms with E-state index >= 15 is 0 Å². The van der Waals surface area contributed by atoms with E-state index in [2.05, 4.69) is 0 Å². The maximum Gasteiger partial charge on any atom is 0.425 e. The lowest BCUT2D eigenvalue weighted by atomic mass is 9.84. The Morgan fingerprint density at radius 2 is 1.58 bits per heavy atom. The fourth-order valence-electron chi connectivity index (χ4n) is 2.47. The highest BCUT2D eigenvalue weighted by molar-refractivity contribution is 5.59. The van der Waals surface area contributed by atoms with Crippen LogP contribution in [0.25, 0.3) is 0 Å². The van der Waals surface area contributed by atoms with Gasteiger partial charge in [-0.2, -0.15) is 13.2 Å². The number of rotatable bonds is 4. The molecule has 1 atom stereocenters. The van der Waals surface area contributed by atoms with Gasteiger partial charge in [0, 0.05) is 37.5 Å². The van der Waals surface area contributed by atoms with Gasteiger partial charge in [0.05, 0.1) is 4.92 Å². The van der Waals surface area contributed by atoms with Gasteiger partial charge in [-0.3, -0.25) is 10.1 Å². The first kappa shape index (κ1) is 17.7. The van der Waals surface area contributed by atoms with Crippen LogP contribution in [-0.4, -0.2) is 30.3 Å². The number of halogens is 3. The molecule has 1 unspecified atom stereocenters. The number of non-ortho nitro benzene ring substituents is 1. The Bertz CT molecular complexity index is 745. The highest BCUT2D eigenvalue weighted by Crippen LogP contribution is 2.47. The van der Waals surface area contributed by atoms with Crippen molar-refractivity contribution in [3.05, 3.63) is 69.8 Å². The Morgan fingerprint density at radius 3 is 2.04 bits per heavy atom. The topological polar surface area (TPSA) is 66.6 Å². The van der Waals surface area contributed by atoms with E-state index in [1.807, 2.05) is 0 Å². The Balaban J connectivity index is 2.71. The zero-order valence-corrected chi connectivity index (χ0v) is 12.9. The molecule has 0 heterocycles. The molecule has 0 saturated heterocycles. The Morgan fingerprint density at radius 1 is 1.04 bits per heavy atom. The monoisotopic (exact) mass is 340 g/mol. The van der Waals surface area contributed by atoms with Crippen molar-refractivity contribution in [1.82, 2.24) is 0 Å². The van der Waals surface area contributed by atoms with Gasteiger partial charge in [-0.15, -0.1) is 0 Å². The summed E-state index contributed by atoms with van der Waals surface area (Å²) in [7, 11) is 3.12. The molecule has 0 aliphatic carbocycles. The van der Waals surface area contributed by atoms with E-state index in [1.54, 1.807) is 20.2 Å². The molecule has 2 rings (SSSR count). The fourth-order valence-corrected chi connectivity index (χ4v) is 2.47. The predicted octanol–water partition coefficient (Wildman–Crippen LogP) is 3.46. The second-order valence-corrected chi connectivity index (χ2v) is 5.42. The van der Waals surface area contributed by atoms with Gasteiger partial charge in [0.2, 0.25) is 5.60 Å². The standard InChI is InChI=1S/C16H15F3N2O3/c1-20(2)14-6-4-3-5-13(14)15(22,16(17,18)19)11-7-9-12(10-8-11)21(23)24/h3-10,22H,1-2H3. The van der Waals surface area contributed by atoms with Crippen LogP contribution in [0.3, 0.4) is 0 Å². The molecule has 2 aromatic carbocycles. The average Bonchev–Trinajstić information content (AvgIpc) is 2.53. The SMILES string of the molecule is CN(C)c1ccccc1C(O)(c1ccc([N+](=O)[O-])cc1)C(F)(F)F. The minimum Gasteiger partial charge on any atom is -0.377 e. The summed E-state index contributed by atoms with van der Waals surface area (Å²) in [5.41, 5.74) is -4.30. The molecular weight excluding hydrogens is 325 g/mol. The molecule has 128 valence electrons. The maximum absolute atomic E-state index is 13.8. The minimum absolute atomic E-state index is 0.190. The summed E-state index contributed by atoms with van der Waals surface area (Å²) >= 11 is 0. The zero-order valence-electron chi connectivity index (χ0n) is 12.9. The summed E-state index contributed by atoms with van der Waals surface area (Å²) in [6.07, 6.45) is -5.02. The fraction of sp³-hybridized carbons (Fsp3) is 0.250. The smallest absolute Gasteiger partial charge is 0.377 e. The number of alkyl halides is 3. The largest absolute Gasteiger partial charge is 0.425 e. The lowest BCUT2D eigenvalue weighted by Gasteiger charge is -2.34. The van der Waals surface area contributed by atoms with Crippen LogP contribution in [0.15, 0.2) is 48.5 Å². The number of aliphatic hydroxyl groups is 1. The molecule has 5 nitrogen and oxygen atoms in total. The van der Waals surface area contributed by atoms with E-state index in [9.17, 15) is 28.4 Å². The van der Waals surface area contributed by atoms with Gasteiger partial charge in [-0.25, -0.2) is 0 Å². The molecule has 0 radical (unpaired) electrons. The van der Waals surface area contributed by atoms with Crippen molar-refractivity contribution >= 4 is 11.4 Å². The third-order valence-electron chi connectivity index (χ3n) is 3.68. The highest BCUT2D eigenvalue weighted by atomic mass is 19.4. The molecule has 0 aliphatic heterocycles. The van der Waals surface area contributed by atoms with E-state index in [0.717, 1.165) is 24.3 Å². The molecule has 0 saturated carbocycles. The van der Waals surface area contributed by atoms with Crippen molar-refractivity contribution in [2.75, 3.05) is 19.0 Å². The van der Waals surface area contributed by atoms with Gasteiger partial charge in [0.15, 0.2) is 0 Å². The van der Waals surface area contributed by atoms with Crippen LogP contribution >= 0.6 is 0 Å². The van der Waals surface area contributed by atoms with Crippen molar-refractivity contribution in [3.63, 3.8) is 0 Å². The first-order valence-electron chi connectivity index (χ1n) is 6.90. The van der Waals surface area contributed by atoms with Crippen LogP contribution in [0.5, 0.6) is 0 Å². The Kier molecular flexibility index (Phi) is 4.52. The number of hydrogen-bond donors (Lipinski definition) is 1. The second-order valence-electron chi connectivity index (χ2n) is 5.42. The van der Waals surface area contributed by atoms with Gasteiger partial charge in [-0.05, 0) is 23.8 Å². The molecule has 0 bridgehead atoms. The number of nitro groups is 1. The molecule has 0 aliphatic rings. The lowest BCUT2D eigenvalue weighted by Crippen LogP contribution is -2.44. The van der Waals surface area contributed by atoms with Gasteiger partial charge >= 0.3 is 6.18 Å². The third-order valence-corrected chi connectivity index (χ3v) is 3.68. The summed E-state index contributed by atoms with van der Waals surface area (Å²) in [5, 5.41) is 21.3. The maximum atomic E-state index is 13.8. The summed E-state index contributed by atoms with van der Waals surface area (Å²) < 4.78 is 41.3. The van der Waals surface area contributed by atoms with E-state index in [-0.39, 0.29) is 16.9 Å². The molecule has 0 amide bonds. The average molecular weight is 340 g/mol. The van der Waals surface area contributed by atoms with E-state index in [4.69, 9.17) is 0 Å². The van der Waals surface area contributed by atoms with Gasteiger partial charge < -0.3 is 10.0 Å². The second kappa shape index (κ2) is 6.12. The molecule has 0 fully saturated rings. The van der Waals surface area contributed by atoms with Crippen molar-refractivity contribution in [2.24, 2.45) is 0 Å². The van der Waals surface area contributed by atoms with E-state index < -0.39 is 22.3 Å². The van der Waals surface area contributed by atoms with Crippen molar-refractivity contribution in [3.8, 4) is 0 Å². The molecular formula is C16H15F3N2O3. The van der Waals surface area contributed by atoms with Crippen LogP contribution < -0.4 is 4.90 Å². The van der Waals surface area contributed by atoms with Crippen LogP contribution in [0.4, 0.5) is 24.5 Å². The Hall–Kier alpha value is -2.61. The van der Waals surface area contributed by atoms with Crippen LogP contribution in [0.2, 0.25) is 0 Å². The number of anilines is 1. The molecule has 1 N–H and O–H groups in total. The number of hydrogen-bond acceptors (Lipinski definition) is 4. The molecule has 0 aromatic heterocycles. The highest BCUT2D eigenvalue weighted by Gasteiger charge is 2.57. The summed E-state index contributed by atoms with van der Waals surface area (Å²) in [6, 6.07) is 9.29. The van der Waals surface area contributed by atoms with Crippen LogP contribution in [0.1, 0.15) is 11.1 Å². The molecule has 24 heavy (non-hydrogen) atoms. The number of benzene rings is 2. The van der Waals surface area contributed by atoms with E-state index in [1.165, 1.54) is 23.1 Å². The van der Waals surface area contributed by atoms with Crippen LogP contribution in [-0.2, 0) is 5.60 Å². The first-order valence-corrected chi connectivity index (χ1v) is 6.90. The van der Waals surface area contributed by atoms with Gasteiger partial charge in [0.1, 0.15) is 0 Å². The minimum atomic E-state index is -5.02. The predicted molar refractivity (Wildman–Crippen MR) is 82.9 cm³/mol. The van der Waals surface area contributed by atoms with Crippen molar-refractivity contribution < 1.29 is 23.2 Å². The molecule has 8 heteroatoms. The summed E-state index contributed by atoms with van der Waals surface area (Å²) in [6.45, 7) is 0. The Labute approximate surface area is 136 Å². The number of nitrogens with zero attached hydrogens (tertiary/aromatic N) is 2.